The number of para-hydroxylation sites is 1. The summed E-state index contributed by atoms with van der Waals surface area (Å²) in [6, 6.07) is 17.1. The lowest BCUT2D eigenvalue weighted by Gasteiger charge is -2.26. The van der Waals surface area contributed by atoms with Gasteiger partial charge < -0.3 is 29.2 Å². The lowest BCUT2D eigenvalue weighted by molar-refractivity contribution is 0.202. The first-order valence-corrected chi connectivity index (χ1v) is 15.1. The monoisotopic (exact) mass is 633 g/mol. The van der Waals surface area contributed by atoms with Crippen molar-refractivity contribution in [2.75, 3.05) is 50.7 Å². The molecule has 0 aliphatic carbocycles. The summed E-state index contributed by atoms with van der Waals surface area (Å²) in [7, 11) is 3.00. The number of hydrogen-bond donors (Lipinski definition) is 1. The third kappa shape index (κ3) is 8.60. The zero-order valence-electron chi connectivity index (χ0n) is 25.9. The van der Waals surface area contributed by atoms with Crippen LogP contribution in [0.5, 0.6) is 23.0 Å². The van der Waals surface area contributed by atoms with Crippen molar-refractivity contribution in [3.05, 3.63) is 90.1 Å². The SMILES string of the molecule is COc1ccc(OC)c(CN(C(=O)Oc2c(F)cccc2F)c2ccnc(Nc3cccc(OCCCN4CCCCC4)c3)n2)c1. The number of piperidine rings is 1. The van der Waals surface area contributed by atoms with E-state index in [9.17, 15) is 13.6 Å². The van der Waals surface area contributed by atoms with Gasteiger partial charge in [0.05, 0.1) is 27.4 Å². The van der Waals surface area contributed by atoms with E-state index >= 15 is 0 Å². The number of anilines is 3. The summed E-state index contributed by atoms with van der Waals surface area (Å²) in [5, 5.41) is 3.14. The molecule has 0 radical (unpaired) electrons. The third-order valence-corrected chi connectivity index (χ3v) is 7.49. The molecule has 1 saturated heterocycles. The minimum atomic E-state index is -1.07. The molecule has 0 bridgehead atoms. The second-order valence-electron chi connectivity index (χ2n) is 10.7. The van der Waals surface area contributed by atoms with Crippen molar-refractivity contribution in [3.63, 3.8) is 0 Å². The highest BCUT2D eigenvalue weighted by molar-refractivity contribution is 5.88. The van der Waals surface area contributed by atoms with E-state index in [1.54, 1.807) is 18.2 Å². The molecule has 1 fully saturated rings. The molecule has 4 aromatic rings. The van der Waals surface area contributed by atoms with Crippen molar-refractivity contribution in [2.45, 2.75) is 32.2 Å². The number of hydrogen-bond acceptors (Lipinski definition) is 9. The van der Waals surface area contributed by atoms with Crippen molar-refractivity contribution in [2.24, 2.45) is 0 Å². The molecule has 1 aromatic heterocycles. The first-order valence-electron chi connectivity index (χ1n) is 15.1. The van der Waals surface area contributed by atoms with Gasteiger partial charge in [-0.25, -0.2) is 18.6 Å². The number of rotatable bonds is 13. The fraction of sp³-hybridized carbons (Fsp3) is 0.324. The zero-order chi connectivity index (χ0) is 32.3. The van der Waals surface area contributed by atoms with Crippen molar-refractivity contribution >= 4 is 23.5 Å². The number of halogens is 2. The molecule has 10 nitrogen and oxygen atoms in total. The van der Waals surface area contributed by atoms with Crippen LogP contribution in [0.15, 0.2) is 72.9 Å². The third-order valence-electron chi connectivity index (χ3n) is 7.49. The van der Waals surface area contributed by atoms with Gasteiger partial charge in [-0.15, -0.1) is 0 Å². The first-order chi connectivity index (χ1) is 22.4. The maximum absolute atomic E-state index is 14.4. The second-order valence-corrected chi connectivity index (χ2v) is 10.7. The van der Waals surface area contributed by atoms with E-state index in [0.29, 0.717) is 35.1 Å². The highest BCUT2D eigenvalue weighted by atomic mass is 19.1. The van der Waals surface area contributed by atoms with Gasteiger partial charge >= 0.3 is 6.09 Å². The summed E-state index contributed by atoms with van der Waals surface area (Å²) in [6.07, 6.45) is 5.15. The minimum Gasteiger partial charge on any atom is -0.497 e. The van der Waals surface area contributed by atoms with Gasteiger partial charge in [0.25, 0.3) is 0 Å². The van der Waals surface area contributed by atoms with Crippen LogP contribution in [0.3, 0.4) is 0 Å². The molecular weight excluding hydrogens is 596 g/mol. The number of methoxy groups -OCH3 is 2. The molecular formula is C34H37F2N5O5. The number of likely N-dealkylation sites (tertiary alicyclic amines) is 1. The Hall–Kier alpha value is -4.97. The Labute approximate surface area is 266 Å². The number of ether oxygens (including phenoxy) is 4. The highest BCUT2D eigenvalue weighted by Gasteiger charge is 2.25. The molecule has 3 aromatic carbocycles. The standard InChI is InChI=1S/C34H37F2N5O5/c1-43-26-13-14-30(44-2)24(21-26)23-41(34(42)46-32-28(35)11-7-12-29(32)36)31-15-16-37-33(39-31)38-25-9-6-10-27(22-25)45-20-8-19-40-17-4-3-5-18-40/h6-7,9-16,21-22H,3-5,8,17-20,23H2,1-2H3,(H,37,38,39). The Morgan fingerprint density at radius 2 is 1.72 bits per heavy atom. The number of nitrogens with zero attached hydrogens (tertiary/aromatic N) is 4. The van der Waals surface area contributed by atoms with Crippen molar-refractivity contribution in [1.29, 1.82) is 0 Å². The lowest BCUT2D eigenvalue weighted by Crippen LogP contribution is -2.34. The van der Waals surface area contributed by atoms with Gasteiger partial charge in [-0.05, 0) is 80.9 Å². The second kappa shape index (κ2) is 15.8. The van der Waals surface area contributed by atoms with Crippen LogP contribution in [0.2, 0.25) is 0 Å². The van der Waals surface area contributed by atoms with E-state index in [1.165, 1.54) is 51.8 Å². The molecule has 1 aliphatic heterocycles. The van der Waals surface area contributed by atoms with Gasteiger partial charge in [0.1, 0.15) is 23.1 Å². The molecule has 2 heterocycles. The van der Waals surface area contributed by atoms with Crippen LogP contribution in [0.1, 0.15) is 31.2 Å². The Morgan fingerprint density at radius 1 is 0.935 bits per heavy atom. The molecule has 1 N–H and O–H groups in total. The molecule has 1 aliphatic rings. The molecule has 12 heteroatoms. The summed E-state index contributed by atoms with van der Waals surface area (Å²) in [5.74, 6) is -0.922. The molecule has 5 rings (SSSR count). The normalized spacial score (nSPS) is 13.1. The number of carbonyl (C=O) groups is 1. The van der Waals surface area contributed by atoms with Crippen LogP contribution in [0.4, 0.5) is 31.0 Å². The van der Waals surface area contributed by atoms with E-state index < -0.39 is 23.5 Å². The topological polar surface area (TPSA) is 98.3 Å². The largest absolute Gasteiger partial charge is 0.497 e. The molecule has 0 spiro atoms. The molecule has 0 saturated carbocycles. The van der Waals surface area contributed by atoms with E-state index in [-0.39, 0.29) is 18.3 Å². The molecule has 242 valence electrons. The Morgan fingerprint density at radius 3 is 2.48 bits per heavy atom. The molecule has 0 atom stereocenters. The Kier molecular flexibility index (Phi) is 11.2. The average Bonchev–Trinajstić information content (AvgIpc) is 3.08. The average molecular weight is 634 g/mol. The van der Waals surface area contributed by atoms with Crippen LogP contribution in [-0.4, -0.2) is 61.4 Å². The maximum atomic E-state index is 14.4. The summed E-state index contributed by atoms with van der Waals surface area (Å²) >= 11 is 0. The van der Waals surface area contributed by atoms with Gasteiger partial charge in [-0.2, -0.15) is 4.98 Å². The predicted octanol–water partition coefficient (Wildman–Crippen LogP) is 6.98. The molecule has 0 unspecified atom stereocenters. The number of carbonyl (C=O) groups excluding carboxylic acids is 1. The van der Waals surface area contributed by atoms with Crippen molar-refractivity contribution < 1.29 is 32.5 Å². The quantitative estimate of drug-likeness (QED) is 0.157. The van der Waals surface area contributed by atoms with Gasteiger partial charge in [-0.3, -0.25) is 4.90 Å². The summed E-state index contributed by atoms with van der Waals surface area (Å²) < 4.78 is 50.9. The maximum Gasteiger partial charge on any atom is 0.421 e. The van der Waals surface area contributed by atoms with Crippen LogP contribution >= 0.6 is 0 Å². The number of nitrogens with one attached hydrogen (secondary N) is 1. The summed E-state index contributed by atoms with van der Waals surface area (Å²) in [6.45, 7) is 3.79. The van der Waals surface area contributed by atoms with E-state index in [0.717, 1.165) is 43.1 Å². The van der Waals surface area contributed by atoms with Crippen LogP contribution in [0.25, 0.3) is 0 Å². The number of amides is 1. The van der Waals surface area contributed by atoms with Crippen molar-refractivity contribution in [1.82, 2.24) is 14.9 Å². The Bertz CT molecular complexity index is 1600. The van der Waals surface area contributed by atoms with Gasteiger partial charge in [0, 0.05) is 30.1 Å². The van der Waals surface area contributed by atoms with Crippen LogP contribution in [-0.2, 0) is 6.54 Å². The smallest absolute Gasteiger partial charge is 0.421 e. The first kappa shape index (κ1) is 32.4. The van der Waals surface area contributed by atoms with Crippen LogP contribution < -0.4 is 29.2 Å². The summed E-state index contributed by atoms with van der Waals surface area (Å²) in [5.41, 5.74) is 1.20. The summed E-state index contributed by atoms with van der Waals surface area (Å²) in [4.78, 5) is 25.9. The highest BCUT2D eigenvalue weighted by Crippen LogP contribution is 2.29. The van der Waals surface area contributed by atoms with E-state index in [4.69, 9.17) is 18.9 Å². The zero-order valence-corrected chi connectivity index (χ0v) is 25.9. The van der Waals surface area contributed by atoms with E-state index in [2.05, 4.69) is 20.2 Å². The predicted molar refractivity (Wildman–Crippen MR) is 170 cm³/mol. The number of benzene rings is 3. The number of aromatic nitrogens is 2. The fourth-order valence-corrected chi connectivity index (χ4v) is 5.15. The van der Waals surface area contributed by atoms with Gasteiger partial charge in [-0.1, -0.05) is 18.6 Å². The lowest BCUT2D eigenvalue weighted by atomic mass is 10.1. The molecule has 1 amide bonds. The van der Waals surface area contributed by atoms with Gasteiger partial charge in [0.15, 0.2) is 11.6 Å². The molecule has 46 heavy (non-hydrogen) atoms. The van der Waals surface area contributed by atoms with E-state index in [1.807, 2.05) is 24.3 Å². The minimum absolute atomic E-state index is 0.106. The van der Waals surface area contributed by atoms with Gasteiger partial charge in [0.2, 0.25) is 11.7 Å². The van der Waals surface area contributed by atoms with Crippen LogP contribution in [0, 0.1) is 11.6 Å². The van der Waals surface area contributed by atoms with Crippen molar-refractivity contribution in [3.8, 4) is 23.0 Å². The fourth-order valence-electron chi connectivity index (χ4n) is 5.15. The Balaban J connectivity index is 1.34.